The Balaban J connectivity index is 2.01. The van der Waals surface area contributed by atoms with Crippen LogP contribution in [-0.2, 0) is 16.0 Å². The minimum absolute atomic E-state index is 0.0373. The Morgan fingerprint density at radius 2 is 2.00 bits per heavy atom. The minimum atomic E-state index is -0.860. The van der Waals surface area contributed by atoms with E-state index in [9.17, 15) is 9.59 Å². The number of aliphatic carboxylic acids is 1. The Hall–Kier alpha value is -2.87. The van der Waals surface area contributed by atoms with Crippen molar-refractivity contribution in [2.75, 3.05) is 19.5 Å². The maximum absolute atomic E-state index is 12.1. The molecule has 0 saturated carbocycles. The molecule has 1 heterocycles. The highest BCUT2D eigenvalue weighted by Gasteiger charge is 2.11. The van der Waals surface area contributed by atoms with E-state index in [2.05, 4.69) is 10.3 Å². The minimum Gasteiger partial charge on any atom is -0.493 e. The van der Waals surface area contributed by atoms with Gasteiger partial charge in [-0.1, -0.05) is 6.07 Å². The first-order valence-corrected chi connectivity index (χ1v) is 8.63. The van der Waals surface area contributed by atoms with Crippen LogP contribution in [0, 0.1) is 6.92 Å². The summed E-state index contributed by atoms with van der Waals surface area (Å²) in [6.45, 7) is 1.79. The number of hydrogen-bond acceptors (Lipinski definition) is 6. The lowest BCUT2D eigenvalue weighted by atomic mass is 10.2. The van der Waals surface area contributed by atoms with Gasteiger partial charge in [0, 0.05) is 11.0 Å². The quantitative estimate of drug-likeness (QED) is 0.687. The zero-order valence-corrected chi connectivity index (χ0v) is 15.6. The number of methoxy groups -OCH3 is 2. The van der Waals surface area contributed by atoms with Crippen LogP contribution in [0.15, 0.2) is 24.3 Å². The zero-order chi connectivity index (χ0) is 19.1. The number of ether oxygens (including phenoxy) is 2. The highest BCUT2D eigenvalue weighted by molar-refractivity contribution is 7.15. The SMILES string of the molecule is COc1ccc(/C=C/C(=O)Nc2nc(C)c(CCC(=O)O)s2)cc1OC. The lowest BCUT2D eigenvalue weighted by Gasteiger charge is -2.07. The van der Waals surface area contributed by atoms with E-state index in [0.717, 1.165) is 16.1 Å². The van der Waals surface area contributed by atoms with E-state index in [1.807, 2.05) is 6.07 Å². The maximum Gasteiger partial charge on any atom is 0.303 e. The van der Waals surface area contributed by atoms with Gasteiger partial charge >= 0.3 is 5.97 Å². The first-order chi connectivity index (χ1) is 12.4. The highest BCUT2D eigenvalue weighted by Crippen LogP contribution is 2.28. The first-order valence-electron chi connectivity index (χ1n) is 7.82. The number of carbonyl (C=O) groups excluding carboxylic acids is 1. The molecule has 0 bridgehead atoms. The lowest BCUT2D eigenvalue weighted by molar-refractivity contribution is -0.136. The summed E-state index contributed by atoms with van der Waals surface area (Å²) in [6.07, 6.45) is 3.49. The molecule has 1 amide bonds. The first kappa shape index (κ1) is 19.5. The summed E-state index contributed by atoms with van der Waals surface area (Å²) in [4.78, 5) is 27.8. The van der Waals surface area contributed by atoms with Crippen LogP contribution in [0.4, 0.5) is 5.13 Å². The number of carbonyl (C=O) groups is 2. The number of anilines is 1. The van der Waals surface area contributed by atoms with Gasteiger partial charge in [-0.05, 0) is 37.1 Å². The van der Waals surface area contributed by atoms with Gasteiger partial charge in [0.05, 0.1) is 26.3 Å². The fraction of sp³-hybridized carbons (Fsp3) is 0.278. The third-order valence-corrected chi connectivity index (χ3v) is 4.66. The molecule has 2 N–H and O–H groups in total. The summed E-state index contributed by atoms with van der Waals surface area (Å²) >= 11 is 1.29. The number of nitrogens with zero attached hydrogens (tertiary/aromatic N) is 1. The van der Waals surface area contributed by atoms with Crippen molar-refractivity contribution in [3.63, 3.8) is 0 Å². The second kappa shape index (κ2) is 9.00. The third-order valence-electron chi connectivity index (χ3n) is 3.52. The molecule has 0 saturated heterocycles. The van der Waals surface area contributed by atoms with Crippen LogP contribution in [0.25, 0.3) is 6.08 Å². The van der Waals surface area contributed by atoms with E-state index in [1.54, 1.807) is 39.4 Å². The summed E-state index contributed by atoms with van der Waals surface area (Å²) in [6, 6.07) is 5.33. The topological polar surface area (TPSA) is 97.8 Å². The molecule has 0 unspecified atom stereocenters. The average Bonchev–Trinajstić information content (AvgIpc) is 2.96. The van der Waals surface area contributed by atoms with Gasteiger partial charge in [0.25, 0.3) is 0 Å². The molecule has 0 spiro atoms. The molecule has 0 aliphatic rings. The van der Waals surface area contributed by atoms with Gasteiger partial charge in [0.1, 0.15) is 0 Å². The predicted molar refractivity (Wildman–Crippen MR) is 100 cm³/mol. The van der Waals surface area contributed by atoms with Gasteiger partial charge in [-0.15, -0.1) is 11.3 Å². The molecular weight excluding hydrogens is 356 g/mol. The number of aromatic nitrogens is 1. The molecular formula is C18H20N2O5S. The molecule has 0 aliphatic carbocycles. The number of thiazole rings is 1. The van der Waals surface area contributed by atoms with E-state index in [1.165, 1.54) is 17.4 Å². The van der Waals surface area contributed by atoms with Crippen molar-refractivity contribution in [1.29, 1.82) is 0 Å². The van der Waals surface area contributed by atoms with Gasteiger partial charge in [-0.3, -0.25) is 14.9 Å². The predicted octanol–water partition coefficient (Wildman–Crippen LogP) is 3.14. The second-order valence-corrected chi connectivity index (χ2v) is 6.44. The Labute approximate surface area is 155 Å². The van der Waals surface area contributed by atoms with Crippen LogP contribution < -0.4 is 14.8 Å². The van der Waals surface area contributed by atoms with Gasteiger partial charge in [0.2, 0.25) is 5.91 Å². The van der Waals surface area contributed by atoms with Gasteiger partial charge in [-0.25, -0.2) is 4.98 Å². The largest absolute Gasteiger partial charge is 0.493 e. The molecule has 0 fully saturated rings. The zero-order valence-electron chi connectivity index (χ0n) is 14.7. The van der Waals surface area contributed by atoms with Crippen molar-refractivity contribution in [2.24, 2.45) is 0 Å². The molecule has 1 aromatic carbocycles. The van der Waals surface area contributed by atoms with Crippen LogP contribution in [0.3, 0.4) is 0 Å². The number of amides is 1. The van der Waals surface area contributed by atoms with E-state index in [0.29, 0.717) is 23.1 Å². The number of benzene rings is 1. The molecule has 1 aromatic heterocycles. The van der Waals surface area contributed by atoms with Gasteiger partial charge in [-0.2, -0.15) is 0 Å². The van der Waals surface area contributed by atoms with Crippen LogP contribution >= 0.6 is 11.3 Å². The van der Waals surface area contributed by atoms with Crippen LogP contribution in [0.2, 0.25) is 0 Å². The second-order valence-electron chi connectivity index (χ2n) is 5.36. The number of carboxylic acid groups (broad SMARTS) is 1. The Kier molecular flexibility index (Phi) is 6.74. The fourth-order valence-corrected chi connectivity index (χ4v) is 3.17. The Morgan fingerprint density at radius 3 is 2.65 bits per heavy atom. The average molecular weight is 376 g/mol. The van der Waals surface area contributed by atoms with Crippen molar-refractivity contribution >= 4 is 34.4 Å². The number of rotatable bonds is 8. The van der Waals surface area contributed by atoms with E-state index in [-0.39, 0.29) is 12.3 Å². The van der Waals surface area contributed by atoms with Gasteiger partial charge < -0.3 is 14.6 Å². The summed E-state index contributed by atoms with van der Waals surface area (Å²) in [5.74, 6) is 0.00879. The van der Waals surface area contributed by atoms with Crippen molar-refractivity contribution in [3.8, 4) is 11.5 Å². The van der Waals surface area contributed by atoms with Crippen LogP contribution in [0.5, 0.6) is 11.5 Å². The summed E-state index contributed by atoms with van der Waals surface area (Å²) in [7, 11) is 3.10. The smallest absolute Gasteiger partial charge is 0.303 e. The highest BCUT2D eigenvalue weighted by atomic mass is 32.1. The van der Waals surface area contributed by atoms with E-state index < -0.39 is 5.97 Å². The molecule has 0 aliphatic heterocycles. The Bertz CT molecular complexity index is 829. The van der Waals surface area contributed by atoms with Crippen molar-refractivity contribution in [3.05, 3.63) is 40.4 Å². The normalized spacial score (nSPS) is 10.7. The number of hydrogen-bond donors (Lipinski definition) is 2. The van der Waals surface area contributed by atoms with Crippen molar-refractivity contribution < 1.29 is 24.2 Å². The van der Waals surface area contributed by atoms with E-state index >= 15 is 0 Å². The molecule has 2 rings (SSSR count). The Morgan fingerprint density at radius 1 is 1.27 bits per heavy atom. The molecule has 7 nitrogen and oxygen atoms in total. The number of nitrogens with one attached hydrogen (secondary N) is 1. The molecule has 138 valence electrons. The number of carboxylic acids is 1. The summed E-state index contributed by atoms with van der Waals surface area (Å²) < 4.78 is 10.4. The molecule has 0 radical (unpaired) electrons. The van der Waals surface area contributed by atoms with Crippen molar-refractivity contribution in [2.45, 2.75) is 19.8 Å². The number of aryl methyl sites for hydroxylation is 2. The van der Waals surface area contributed by atoms with Gasteiger partial charge in [0.15, 0.2) is 16.6 Å². The summed E-state index contributed by atoms with van der Waals surface area (Å²) in [5, 5.41) is 11.9. The van der Waals surface area contributed by atoms with Crippen molar-refractivity contribution in [1.82, 2.24) is 4.98 Å². The van der Waals surface area contributed by atoms with E-state index in [4.69, 9.17) is 14.6 Å². The summed E-state index contributed by atoms with van der Waals surface area (Å²) in [5.41, 5.74) is 1.52. The third kappa shape index (κ3) is 5.32. The van der Waals surface area contributed by atoms with Crippen LogP contribution in [-0.4, -0.2) is 36.2 Å². The van der Waals surface area contributed by atoms with Crippen LogP contribution in [0.1, 0.15) is 22.6 Å². The molecule has 0 atom stereocenters. The standard InChI is InChI=1S/C18H20N2O5S/c1-11-15(7-9-17(22)23)26-18(19-11)20-16(21)8-5-12-4-6-13(24-2)14(10-12)25-3/h4-6,8,10H,7,9H2,1-3H3,(H,22,23)(H,19,20,21)/b8-5+. The monoisotopic (exact) mass is 376 g/mol. The fourth-order valence-electron chi connectivity index (χ4n) is 2.21. The molecule has 26 heavy (non-hydrogen) atoms. The molecule has 2 aromatic rings. The maximum atomic E-state index is 12.1. The lowest BCUT2D eigenvalue weighted by Crippen LogP contribution is -2.07. The molecule has 8 heteroatoms.